The molecule has 0 bridgehead atoms. The molecule has 1 rings (SSSR count). The van der Waals surface area contributed by atoms with E-state index in [-0.39, 0.29) is 0 Å². The first-order chi connectivity index (χ1) is 8.27. The lowest BCUT2D eigenvalue weighted by molar-refractivity contribution is 0.697. The van der Waals surface area contributed by atoms with E-state index in [0.717, 1.165) is 18.9 Å². The molecule has 0 aromatic carbocycles. The van der Waals surface area contributed by atoms with Crippen LogP contribution in [0.1, 0.15) is 31.2 Å². The van der Waals surface area contributed by atoms with Crippen LogP contribution in [0.3, 0.4) is 0 Å². The van der Waals surface area contributed by atoms with E-state index in [4.69, 9.17) is 0 Å². The second kappa shape index (κ2) is 7.90. The van der Waals surface area contributed by atoms with Crippen LogP contribution in [0.5, 0.6) is 0 Å². The summed E-state index contributed by atoms with van der Waals surface area (Å²) in [7, 11) is 1.80. The SMILES string of the molecule is C/C=C/CCNC(=NC)NC(C)c1cccs1. The van der Waals surface area contributed by atoms with E-state index in [1.807, 2.05) is 6.92 Å². The zero-order chi connectivity index (χ0) is 12.5. The summed E-state index contributed by atoms with van der Waals surface area (Å²) in [5, 5.41) is 8.75. The maximum absolute atomic E-state index is 4.21. The van der Waals surface area contributed by atoms with Crippen LogP contribution in [0.4, 0.5) is 0 Å². The third kappa shape index (κ3) is 5.04. The third-order valence-electron chi connectivity index (χ3n) is 2.39. The fourth-order valence-electron chi connectivity index (χ4n) is 1.45. The number of thiophene rings is 1. The Labute approximate surface area is 108 Å². The number of hydrogen-bond donors (Lipinski definition) is 2. The van der Waals surface area contributed by atoms with Gasteiger partial charge in [-0.3, -0.25) is 4.99 Å². The average Bonchev–Trinajstić information content (AvgIpc) is 2.86. The van der Waals surface area contributed by atoms with Crippen LogP contribution in [-0.4, -0.2) is 19.6 Å². The Morgan fingerprint density at radius 2 is 2.41 bits per heavy atom. The molecular formula is C13H21N3S. The van der Waals surface area contributed by atoms with Crippen LogP contribution in [0.2, 0.25) is 0 Å². The summed E-state index contributed by atoms with van der Waals surface area (Å²) in [5.41, 5.74) is 0. The van der Waals surface area contributed by atoms with E-state index in [1.54, 1.807) is 18.4 Å². The summed E-state index contributed by atoms with van der Waals surface area (Å²) in [5.74, 6) is 0.857. The second-order valence-corrected chi connectivity index (χ2v) is 4.72. The summed E-state index contributed by atoms with van der Waals surface area (Å²) < 4.78 is 0. The fraction of sp³-hybridized carbons (Fsp3) is 0.462. The van der Waals surface area contributed by atoms with Gasteiger partial charge in [-0.1, -0.05) is 18.2 Å². The molecule has 3 nitrogen and oxygen atoms in total. The minimum atomic E-state index is 0.294. The van der Waals surface area contributed by atoms with Crippen LogP contribution < -0.4 is 10.6 Å². The largest absolute Gasteiger partial charge is 0.356 e. The summed E-state index contributed by atoms with van der Waals surface area (Å²) in [6.45, 7) is 5.08. The minimum Gasteiger partial charge on any atom is -0.356 e. The fourth-order valence-corrected chi connectivity index (χ4v) is 2.18. The van der Waals surface area contributed by atoms with Crippen molar-refractivity contribution in [2.24, 2.45) is 4.99 Å². The van der Waals surface area contributed by atoms with Gasteiger partial charge in [0, 0.05) is 18.5 Å². The molecule has 0 saturated heterocycles. The van der Waals surface area contributed by atoms with E-state index >= 15 is 0 Å². The number of hydrogen-bond acceptors (Lipinski definition) is 2. The van der Waals surface area contributed by atoms with E-state index in [9.17, 15) is 0 Å². The molecule has 94 valence electrons. The molecule has 0 saturated carbocycles. The normalized spacial score (nSPS) is 13.9. The molecule has 17 heavy (non-hydrogen) atoms. The predicted molar refractivity (Wildman–Crippen MR) is 76.7 cm³/mol. The molecule has 0 fully saturated rings. The smallest absolute Gasteiger partial charge is 0.191 e. The first-order valence-corrected chi connectivity index (χ1v) is 6.77. The van der Waals surface area contributed by atoms with Crippen molar-refractivity contribution >= 4 is 17.3 Å². The summed E-state index contributed by atoms with van der Waals surface area (Å²) in [6, 6.07) is 4.50. The molecule has 0 aliphatic carbocycles. The number of allylic oxidation sites excluding steroid dienone is 1. The van der Waals surface area contributed by atoms with E-state index in [1.165, 1.54) is 4.88 Å². The van der Waals surface area contributed by atoms with Crippen molar-refractivity contribution in [2.75, 3.05) is 13.6 Å². The standard InChI is InChI=1S/C13H21N3S/c1-4-5-6-9-15-13(14-3)16-11(2)12-8-7-10-17-12/h4-5,7-8,10-11H,6,9H2,1-3H3,(H2,14,15,16)/b5-4+. The lowest BCUT2D eigenvalue weighted by Crippen LogP contribution is -2.38. The predicted octanol–water partition coefficient (Wildman–Crippen LogP) is 2.94. The highest BCUT2D eigenvalue weighted by molar-refractivity contribution is 7.10. The van der Waals surface area contributed by atoms with Crippen molar-refractivity contribution < 1.29 is 0 Å². The van der Waals surface area contributed by atoms with Crippen molar-refractivity contribution in [1.29, 1.82) is 0 Å². The van der Waals surface area contributed by atoms with Crippen molar-refractivity contribution in [3.63, 3.8) is 0 Å². The Kier molecular flexibility index (Phi) is 6.40. The zero-order valence-electron chi connectivity index (χ0n) is 10.7. The Hall–Kier alpha value is -1.29. The Balaban J connectivity index is 2.37. The van der Waals surface area contributed by atoms with Gasteiger partial charge in [-0.2, -0.15) is 0 Å². The van der Waals surface area contributed by atoms with Gasteiger partial charge in [0.25, 0.3) is 0 Å². The Morgan fingerprint density at radius 1 is 1.59 bits per heavy atom. The van der Waals surface area contributed by atoms with Gasteiger partial charge in [0.15, 0.2) is 5.96 Å². The maximum atomic E-state index is 4.21. The van der Waals surface area contributed by atoms with Crippen LogP contribution >= 0.6 is 11.3 Å². The van der Waals surface area contributed by atoms with Crippen molar-refractivity contribution in [1.82, 2.24) is 10.6 Å². The van der Waals surface area contributed by atoms with E-state index in [0.29, 0.717) is 6.04 Å². The first-order valence-electron chi connectivity index (χ1n) is 5.89. The highest BCUT2D eigenvalue weighted by Gasteiger charge is 2.07. The molecule has 0 aliphatic rings. The third-order valence-corrected chi connectivity index (χ3v) is 3.44. The lowest BCUT2D eigenvalue weighted by Gasteiger charge is -2.16. The van der Waals surface area contributed by atoms with Gasteiger partial charge < -0.3 is 10.6 Å². The minimum absolute atomic E-state index is 0.294. The average molecular weight is 251 g/mol. The molecule has 0 spiro atoms. The number of nitrogens with zero attached hydrogens (tertiary/aromatic N) is 1. The summed E-state index contributed by atoms with van der Waals surface area (Å²) in [4.78, 5) is 5.53. The molecule has 1 aromatic heterocycles. The van der Waals surface area contributed by atoms with Gasteiger partial charge in [-0.05, 0) is 31.7 Å². The quantitative estimate of drug-likeness (QED) is 0.365. The van der Waals surface area contributed by atoms with E-state index < -0.39 is 0 Å². The number of rotatable bonds is 5. The van der Waals surface area contributed by atoms with Crippen molar-refractivity contribution in [2.45, 2.75) is 26.3 Å². The molecule has 1 aromatic rings. The molecule has 4 heteroatoms. The molecule has 1 atom stereocenters. The van der Waals surface area contributed by atoms with Crippen LogP contribution in [0.25, 0.3) is 0 Å². The van der Waals surface area contributed by atoms with Gasteiger partial charge in [0.05, 0.1) is 6.04 Å². The monoisotopic (exact) mass is 251 g/mol. The molecular weight excluding hydrogens is 230 g/mol. The molecule has 2 N–H and O–H groups in total. The molecule has 0 aliphatic heterocycles. The van der Waals surface area contributed by atoms with Crippen LogP contribution in [0, 0.1) is 0 Å². The van der Waals surface area contributed by atoms with Gasteiger partial charge in [-0.15, -0.1) is 11.3 Å². The molecule has 1 unspecified atom stereocenters. The maximum Gasteiger partial charge on any atom is 0.191 e. The zero-order valence-corrected chi connectivity index (χ0v) is 11.6. The molecule has 0 radical (unpaired) electrons. The number of aliphatic imine (C=N–C) groups is 1. The second-order valence-electron chi connectivity index (χ2n) is 3.74. The topological polar surface area (TPSA) is 36.4 Å². The van der Waals surface area contributed by atoms with E-state index in [2.05, 4.69) is 52.2 Å². The Bertz CT molecular complexity index is 355. The van der Waals surface area contributed by atoms with Gasteiger partial charge in [0.2, 0.25) is 0 Å². The number of guanidine groups is 1. The van der Waals surface area contributed by atoms with Gasteiger partial charge in [0.1, 0.15) is 0 Å². The van der Waals surface area contributed by atoms with Crippen molar-refractivity contribution in [3.05, 3.63) is 34.5 Å². The highest BCUT2D eigenvalue weighted by atomic mass is 32.1. The summed E-state index contributed by atoms with van der Waals surface area (Å²) >= 11 is 1.76. The van der Waals surface area contributed by atoms with Crippen molar-refractivity contribution in [3.8, 4) is 0 Å². The highest BCUT2D eigenvalue weighted by Crippen LogP contribution is 2.17. The molecule has 0 amide bonds. The van der Waals surface area contributed by atoms with Gasteiger partial charge >= 0.3 is 0 Å². The lowest BCUT2D eigenvalue weighted by atomic mass is 10.3. The first kappa shape index (κ1) is 13.8. The Morgan fingerprint density at radius 3 is 3.00 bits per heavy atom. The molecule has 1 heterocycles. The van der Waals surface area contributed by atoms with Crippen LogP contribution in [0.15, 0.2) is 34.7 Å². The summed E-state index contributed by atoms with van der Waals surface area (Å²) in [6.07, 6.45) is 5.22. The van der Waals surface area contributed by atoms with Crippen LogP contribution in [-0.2, 0) is 0 Å². The van der Waals surface area contributed by atoms with Gasteiger partial charge in [-0.25, -0.2) is 0 Å². The number of nitrogens with one attached hydrogen (secondary N) is 2.